The highest BCUT2D eigenvalue weighted by molar-refractivity contribution is 7.12. The van der Waals surface area contributed by atoms with Gasteiger partial charge in [-0.05, 0) is 30.9 Å². The molecule has 0 aliphatic carbocycles. The van der Waals surface area contributed by atoms with Crippen molar-refractivity contribution in [1.82, 2.24) is 9.78 Å². The predicted molar refractivity (Wildman–Crippen MR) is 101 cm³/mol. The number of nitrogens with zero attached hydrogens (tertiary/aromatic N) is 2. The molecule has 0 spiro atoms. The number of hydrogen-bond donors (Lipinski definition) is 1. The lowest BCUT2D eigenvalue weighted by Gasteiger charge is -2.07. The number of aromatic nitrogens is 2. The van der Waals surface area contributed by atoms with Crippen molar-refractivity contribution >= 4 is 29.0 Å². The van der Waals surface area contributed by atoms with Gasteiger partial charge in [-0.2, -0.15) is 5.10 Å². The molecule has 0 aliphatic rings. The zero-order valence-electron chi connectivity index (χ0n) is 14.8. The van der Waals surface area contributed by atoms with Gasteiger partial charge in [0.2, 0.25) is 0 Å². The molecule has 2 heterocycles. The van der Waals surface area contributed by atoms with Crippen LogP contribution < -0.4 is 5.32 Å². The smallest absolute Gasteiger partial charge is 0.349 e. The molecule has 2 aromatic heterocycles. The van der Waals surface area contributed by atoms with Crippen LogP contribution in [0.15, 0.2) is 41.8 Å². The number of nitrogens with one attached hydrogen (secondary N) is 1. The number of benzene rings is 1. The van der Waals surface area contributed by atoms with Crippen molar-refractivity contribution in [1.29, 1.82) is 0 Å². The second kappa shape index (κ2) is 7.53. The zero-order chi connectivity index (χ0) is 18.7. The van der Waals surface area contributed by atoms with Crippen LogP contribution >= 0.6 is 11.3 Å². The molecular formula is C19H19N3O3S. The van der Waals surface area contributed by atoms with Crippen LogP contribution in [-0.4, -0.2) is 28.3 Å². The van der Waals surface area contributed by atoms with Gasteiger partial charge in [0, 0.05) is 18.7 Å². The van der Waals surface area contributed by atoms with Crippen LogP contribution in [0.2, 0.25) is 0 Å². The van der Waals surface area contributed by atoms with Crippen molar-refractivity contribution in [2.75, 3.05) is 11.9 Å². The van der Waals surface area contributed by atoms with E-state index >= 15 is 0 Å². The topological polar surface area (TPSA) is 73.2 Å². The fourth-order valence-electron chi connectivity index (χ4n) is 2.53. The Hall–Kier alpha value is -2.93. The second-order valence-electron chi connectivity index (χ2n) is 5.95. The van der Waals surface area contributed by atoms with E-state index in [4.69, 9.17) is 4.74 Å². The van der Waals surface area contributed by atoms with E-state index in [1.807, 2.05) is 49.6 Å². The Balaban J connectivity index is 1.64. The molecule has 1 aromatic carbocycles. The summed E-state index contributed by atoms with van der Waals surface area (Å²) in [5, 5.41) is 8.66. The minimum Gasteiger partial charge on any atom is -0.451 e. The van der Waals surface area contributed by atoms with E-state index in [1.54, 1.807) is 17.8 Å². The first-order valence-corrected chi connectivity index (χ1v) is 8.94. The Morgan fingerprint density at radius 3 is 2.58 bits per heavy atom. The van der Waals surface area contributed by atoms with Crippen LogP contribution in [0.1, 0.15) is 20.9 Å². The molecule has 0 saturated heterocycles. The summed E-state index contributed by atoms with van der Waals surface area (Å²) < 4.78 is 6.74. The number of ether oxygens (including phenoxy) is 1. The molecule has 1 N–H and O–H groups in total. The summed E-state index contributed by atoms with van der Waals surface area (Å²) in [6.45, 7) is 3.49. The average molecular weight is 369 g/mol. The largest absolute Gasteiger partial charge is 0.451 e. The second-order valence-corrected chi connectivity index (χ2v) is 6.86. The summed E-state index contributed by atoms with van der Waals surface area (Å²) in [6, 6.07) is 11.5. The molecule has 0 unspecified atom stereocenters. The lowest BCUT2D eigenvalue weighted by molar-refractivity contribution is -0.119. The number of rotatable bonds is 5. The molecule has 1 amide bonds. The van der Waals surface area contributed by atoms with Crippen molar-refractivity contribution < 1.29 is 14.3 Å². The molecule has 6 nitrogen and oxygen atoms in total. The lowest BCUT2D eigenvalue weighted by Crippen LogP contribution is -2.22. The standard InChI is InChI=1S/C19H19N3O3S/c1-12-4-6-14(7-5-12)15-8-9-26-18(15)19(24)25-11-17(23)20-16-10-13(2)21-22(16)3/h4-10H,11H2,1-3H3,(H,20,23). The maximum Gasteiger partial charge on any atom is 0.349 e. The van der Waals surface area contributed by atoms with E-state index in [0.29, 0.717) is 10.7 Å². The molecule has 7 heteroatoms. The SMILES string of the molecule is Cc1ccc(-c2ccsc2C(=O)OCC(=O)Nc2cc(C)nn2C)cc1. The number of carbonyl (C=O) groups is 2. The van der Waals surface area contributed by atoms with Crippen molar-refractivity contribution in [3.8, 4) is 11.1 Å². The summed E-state index contributed by atoms with van der Waals surface area (Å²) in [6.07, 6.45) is 0. The van der Waals surface area contributed by atoms with E-state index in [0.717, 1.165) is 22.4 Å². The average Bonchev–Trinajstić information content (AvgIpc) is 3.20. The van der Waals surface area contributed by atoms with Crippen LogP contribution in [0.25, 0.3) is 11.1 Å². The van der Waals surface area contributed by atoms with Gasteiger partial charge in [0.15, 0.2) is 6.61 Å². The quantitative estimate of drug-likeness (QED) is 0.698. The molecule has 26 heavy (non-hydrogen) atoms. The van der Waals surface area contributed by atoms with Gasteiger partial charge in [-0.3, -0.25) is 9.48 Å². The monoisotopic (exact) mass is 369 g/mol. The molecule has 0 fully saturated rings. The highest BCUT2D eigenvalue weighted by atomic mass is 32.1. The first kappa shape index (κ1) is 17.9. The van der Waals surface area contributed by atoms with Gasteiger partial charge in [0.05, 0.1) is 5.69 Å². The maximum absolute atomic E-state index is 12.4. The third-order valence-electron chi connectivity index (χ3n) is 3.82. The molecular weight excluding hydrogens is 350 g/mol. The predicted octanol–water partition coefficient (Wildman–Crippen LogP) is 3.56. The first-order valence-electron chi connectivity index (χ1n) is 8.06. The fraction of sp³-hybridized carbons (Fsp3) is 0.211. The summed E-state index contributed by atoms with van der Waals surface area (Å²) in [7, 11) is 1.73. The highest BCUT2D eigenvalue weighted by Gasteiger charge is 2.17. The van der Waals surface area contributed by atoms with Crippen molar-refractivity contribution in [3.63, 3.8) is 0 Å². The van der Waals surface area contributed by atoms with Gasteiger partial charge >= 0.3 is 5.97 Å². The van der Waals surface area contributed by atoms with Crippen LogP contribution in [-0.2, 0) is 16.6 Å². The van der Waals surface area contributed by atoms with Crippen LogP contribution in [0.5, 0.6) is 0 Å². The molecule has 0 bridgehead atoms. The van der Waals surface area contributed by atoms with Gasteiger partial charge in [-0.25, -0.2) is 4.79 Å². The number of hydrogen-bond acceptors (Lipinski definition) is 5. The highest BCUT2D eigenvalue weighted by Crippen LogP contribution is 2.29. The van der Waals surface area contributed by atoms with Crippen LogP contribution in [0.4, 0.5) is 5.82 Å². The molecule has 3 aromatic rings. The molecule has 0 radical (unpaired) electrons. The van der Waals surface area contributed by atoms with Crippen LogP contribution in [0.3, 0.4) is 0 Å². The first-order chi connectivity index (χ1) is 12.4. The Bertz CT molecular complexity index is 941. The Labute approximate surface area is 155 Å². The summed E-state index contributed by atoms with van der Waals surface area (Å²) in [4.78, 5) is 24.9. The fourth-order valence-corrected chi connectivity index (χ4v) is 3.34. The van der Waals surface area contributed by atoms with Crippen molar-refractivity contribution in [3.05, 3.63) is 57.9 Å². The number of amides is 1. The molecule has 0 saturated carbocycles. The molecule has 0 atom stereocenters. The normalized spacial score (nSPS) is 10.6. The van der Waals surface area contributed by atoms with Gasteiger partial charge in [-0.15, -0.1) is 11.3 Å². The summed E-state index contributed by atoms with van der Waals surface area (Å²) in [5.74, 6) is -0.360. The number of thiophene rings is 1. The minimum absolute atomic E-state index is 0.353. The summed E-state index contributed by atoms with van der Waals surface area (Å²) >= 11 is 1.30. The van der Waals surface area contributed by atoms with Gasteiger partial charge in [-0.1, -0.05) is 29.8 Å². The van der Waals surface area contributed by atoms with E-state index in [-0.39, 0.29) is 6.61 Å². The Morgan fingerprint density at radius 1 is 1.19 bits per heavy atom. The molecule has 3 rings (SSSR count). The number of esters is 1. The number of aryl methyl sites for hydroxylation is 3. The van der Waals surface area contributed by atoms with Gasteiger partial charge in [0.1, 0.15) is 10.7 Å². The Kier molecular flexibility index (Phi) is 5.18. The Morgan fingerprint density at radius 2 is 1.92 bits per heavy atom. The maximum atomic E-state index is 12.4. The van der Waals surface area contributed by atoms with Gasteiger partial charge in [0.25, 0.3) is 5.91 Å². The number of carbonyl (C=O) groups excluding carboxylic acids is 2. The summed E-state index contributed by atoms with van der Waals surface area (Å²) in [5.41, 5.74) is 3.69. The molecule has 134 valence electrons. The third kappa shape index (κ3) is 4.00. The van der Waals surface area contributed by atoms with Gasteiger partial charge < -0.3 is 10.1 Å². The van der Waals surface area contributed by atoms with E-state index in [1.165, 1.54) is 11.3 Å². The lowest BCUT2D eigenvalue weighted by atomic mass is 10.1. The van der Waals surface area contributed by atoms with E-state index in [2.05, 4.69) is 10.4 Å². The number of anilines is 1. The third-order valence-corrected chi connectivity index (χ3v) is 4.71. The molecule has 0 aliphatic heterocycles. The van der Waals surface area contributed by atoms with Crippen molar-refractivity contribution in [2.24, 2.45) is 7.05 Å². The van der Waals surface area contributed by atoms with E-state index < -0.39 is 11.9 Å². The van der Waals surface area contributed by atoms with Crippen molar-refractivity contribution in [2.45, 2.75) is 13.8 Å². The minimum atomic E-state index is -0.507. The zero-order valence-corrected chi connectivity index (χ0v) is 15.6. The van der Waals surface area contributed by atoms with E-state index in [9.17, 15) is 9.59 Å². The van der Waals surface area contributed by atoms with Crippen LogP contribution in [0, 0.1) is 13.8 Å².